The van der Waals surface area contributed by atoms with E-state index in [0.717, 1.165) is 16.7 Å². The van der Waals surface area contributed by atoms with Crippen LogP contribution in [0.1, 0.15) is 48.2 Å². The van der Waals surface area contributed by atoms with E-state index in [1.807, 2.05) is 74.5 Å². The van der Waals surface area contributed by atoms with Crippen LogP contribution < -0.4 is 10.1 Å². The summed E-state index contributed by atoms with van der Waals surface area (Å²) in [5.41, 5.74) is 2.82. The predicted octanol–water partition coefficient (Wildman–Crippen LogP) is 4.15. The van der Waals surface area contributed by atoms with Crippen LogP contribution in [0.25, 0.3) is 11.3 Å². The van der Waals surface area contributed by atoms with Crippen molar-refractivity contribution in [3.8, 4) is 22.9 Å². The molecule has 5 rings (SSSR count). The van der Waals surface area contributed by atoms with Crippen LogP contribution in [-0.4, -0.2) is 53.9 Å². The van der Waals surface area contributed by atoms with Gasteiger partial charge in [-0.3, -0.25) is 19.7 Å². The number of ether oxygens (including phenoxy) is 2. The van der Waals surface area contributed by atoms with Crippen molar-refractivity contribution < 1.29 is 23.9 Å². The molecular weight excluding hydrogens is 470 g/mol. The summed E-state index contributed by atoms with van der Waals surface area (Å²) >= 11 is 0. The van der Waals surface area contributed by atoms with Crippen LogP contribution >= 0.6 is 0 Å². The van der Waals surface area contributed by atoms with E-state index >= 15 is 0 Å². The number of benzene rings is 2. The summed E-state index contributed by atoms with van der Waals surface area (Å²) in [6.45, 7) is 7.26. The first-order valence-corrected chi connectivity index (χ1v) is 12.3. The van der Waals surface area contributed by atoms with Gasteiger partial charge >= 0.3 is 0 Å². The Bertz CT molecular complexity index is 1360. The van der Waals surface area contributed by atoms with Gasteiger partial charge in [-0.1, -0.05) is 50.2 Å². The van der Waals surface area contributed by atoms with Crippen molar-refractivity contribution in [2.75, 3.05) is 26.3 Å². The first kappa shape index (κ1) is 24.6. The van der Waals surface area contributed by atoms with Gasteiger partial charge in [0.25, 0.3) is 5.91 Å². The molecule has 1 N–H and O–H groups in total. The minimum absolute atomic E-state index is 0.0119. The van der Waals surface area contributed by atoms with Crippen LogP contribution in [0.4, 0.5) is 0 Å². The highest BCUT2D eigenvalue weighted by atomic mass is 16.5. The van der Waals surface area contributed by atoms with Gasteiger partial charge in [0.15, 0.2) is 0 Å². The number of carbonyl (C=O) groups is 3. The van der Waals surface area contributed by atoms with Crippen molar-refractivity contribution in [1.82, 2.24) is 15.2 Å². The average Bonchev–Trinajstić information content (AvgIpc) is 2.91. The fraction of sp³-hybridized carbons (Fsp3) is 0.310. The fourth-order valence-corrected chi connectivity index (χ4v) is 4.96. The summed E-state index contributed by atoms with van der Waals surface area (Å²) in [4.78, 5) is 44.1. The van der Waals surface area contributed by atoms with Gasteiger partial charge in [-0.05, 0) is 24.3 Å². The molecule has 0 aliphatic carbocycles. The molecule has 1 fully saturated rings. The lowest BCUT2D eigenvalue weighted by Crippen LogP contribution is -2.43. The molecule has 3 heterocycles. The van der Waals surface area contributed by atoms with Crippen LogP contribution in [0.5, 0.6) is 11.6 Å². The van der Waals surface area contributed by atoms with E-state index in [4.69, 9.17) is 14.5 Å². The minimum Gasteiger partial charge on any atom is -0.438 e. The molecule has 2 aromatic carbocycles. The van der Waals surface area contributed by atoms with E-state index in [1.54, 1.807) is 4.90 Å². The van der Waals surface area contributed by atoms with Crippen molar-refractivity contribution >= 4 is 17.7 Å². The second-order valence-electron chi connectivity index (χ2n) is 9.88. The molecule has 1 atom stereocenters. The Balaban J connectivity index is 1.47. The molecular formula is C29H29N3O5. The number of nitrogens with zero attached hydrogens (tertiary/aromatic N) is 2. The number of para-hydroxylation sites is 1. The highest BCUT2D eigenvalue weighted by Gasteiger charge is 2.44. The standard InChI is InChI=1S/C29H29N3O5/c1-18(33)30-28(35)29(2,3)25-21-6-4-5-7-24(21)37-26-22(25)12-13-23(31-26)19-8-10-20(11-9-19)27(34)32-14-16-36-17-15-32/h4-13,25H,14-17H2,1-3H3,(H,30,33,35). The summed E-state index contributed by atoms with van der Waals surface area (Å²) in [5.74, 6) is -0.109. The molecule has 0 radical (unpaired) electrons. The van der Waals surface area contributed by atoms with Crippen LogP contribution in [0, 0.1) is 5.41 Å². The van der Waals surface area contributed by atoms with Crippen LogP contribution in [-0.2, 0) is 14.3 Å². The Hall–Kier alpha value is -4.04. The van der Waals surface area contributed by atoms with Gasteiger partial charge in [-0.25, -0.2) is 4.98 Å². The largest absolute Gasteiger partial charge is 0.438 e. The van der Waals surface area contributed by atoms with Gasteiger partial charge in [-0.2, -0.15) is 0 Å². The van der Waals surface area contributed by atoms with E-state index in [9.17, 15) is 14.4 Å². The topological polar surface area (TPSA) is 97.8 Å². The Labute approximate surface area is 215 Å². The summed E-state index contributed by atoms with van der Waals surface area (Å²) in [5, 5.41) is 2.44. The zero-order valence-electron chi connectivity index (χ0n) is 21.1. The van der Waals surface area contributed by atoms with Crippen LogP contribution in [0.2, 0.25) is 0 Å². The maximum absolute atomic E-state index is 13.1. The number of rotatable bonds is 4. The Morgan fingerprint density at radius 1 is 0.946 bits per heavy atom. The van der Waals surface area contributed by atoms with E-state index in [2.05, 4.69) is 5.32 Å². The molecule has 2 aliphatic heterocycles. The van der Waals surface area contributed by atoms with E-state index in [-0.39, 0.29) is 17.7 Å². The predicted molar refractivity (Wildman–Crippen MR) is 137 cm³/mol. The maximum Gasteiger partial charge on any atom is 0.254 e. The molecule has 0 saturated carbocycles. The van der Waals surface area contributed by atoms with Crippen molar-refractivity contribution in [3.63, 3.8) is 0 Å². The fourth-order valence-electron chi connectivity index (χ4n) is 4.96. The van der Waals surface area contributed by atoms with Crippen LogP contribution in [0.15, 0.2) is 60.7 Å². The Kier molecular flexibility index (Phi) is 6.52. The number of imide groups is 1. The van der Waals surface area contributed by atoms with Gasteiger partial charge in [-0.15, -0.1) is 0 Å². The number of carbonyl (C=O) groups excluding carboxylic acids is 3. The highest BCUT2D eigenvalue weighted by molar-refractivity contribution is 5.97. The number of amides is 3. The second kappa shape index (κ2) is 9.78. The lowest BCUT2D eigenvalue weighted by Gasteiger charge is -2.37. The van der Waals surface area contributed by atoms with E-state index in [1.165, 1.54) is 6.92 Å². The third-order valence-electron chi connectivity index (χ3n) is 6.96. The van der Waals surface area contributed by atoms with Gasteiger partial charge < -0.3 is 14.4 Å². The summed E-state index contributed by atoms with van der Waals surface area (Å²) in [6, 6.07) is 18.7. The van der Waals surface area contributed by atoms with E-state index in [0.29, 0.717) is 49.2 Å². The molecule has 1 unspecified atom stereocenters. The third kappa shape index (κ3) is 4.72. The Morgan fingerprint density at radius 3 is 2.35 bits per heavy atom. The second-order valence-corrected chi connectivity index (χ2v) is 9.88. The number of morpholine rings is 1. The maximum atomic E-state index is 13.1. The summed E-state index contributed by atoms with van der Waals surface area (Å²) in [7, 11) is 0. The quantitative estimate of drug-likeness (QED) is 0.579. The molecule has 8 heteroatoms. The molecule has 2 aliphatic rings. The molecule has 37 heavy (non-hydrogen) atoms. The molecule has 1 saturated heterocycles. The van der Waals surface area contributed by atoms with Gasteiger partial charge in [0.2, 0.25) is 17.7 Å². The molecule has 0 spiro atoms. The Morgan fingerprint density at radius 2 is 1.65 bits per heavy atom. The number of hydrogen-bond donors (Lipinski definition) is 1. The summed E-state index contributed by atoms with van der Waals surface area (Å²) in [6.07, 6.45) is 0. The average molecular weight is 500 g/mol. The summed E-state index contributed by atoms with van der Waals surface area (Å²) < 4.78 is 11.5. The van der Waals surface area contributed by atoms with Crippen molar-refractivity contribution in [2.45, 2.75) is 26.7 Å². The SMILES string of the molecule is CC(=O)NC(=O)C(C)(C)C1c2ccccc2Oc2nc(-c3ccc(C(=O)N4CCOCC4)cc3)ccc21. The van der Waals surface area contributed by atoms with E-state index < -0.39 is 11.3 Å². The molecule has 8 nitrogen and oxygen atoms in total. The van der Waals surface area contributed by atoms with Crippen molar-refractivity contribution in [1.29, 1.82) is 0 Å². The number of hydrogen-bond acceptors (Lipinski definition) is 6. The van der Waals surface area contributed by atoms with Crippen molar-refractivity contribution in [2.24, 2.45) is 5.41 Å². The zero-order chi connectivity index (χ0) is 26.2. The number of fused-ring (bicyclic) bond motifs is 2. The lowest BCUT2D eigenvalue weighted by atomic mass is 9.69. The monoisotopic (exact) mass is 499 g/mol. The number of aromatic nitrogens is 1. The van der Waals surface area contributed by atoms with Gasteiger partial charge in [0.05, 0.1) is 24.3 Å². The molecule has 190 valence electrons. The minimum atomic E-state index is -0.953. The molecule has 1 aromatic heterocycles. The number of nitrogens with one attached hydrogen (secondary N) is 1. The van der Waals surface area contributed by atoms with Crippen molar-refractivity contribution in [3.05, 3.63) is 77.4 Å². The van der Waals surface area contributed by atoms with Gasteiger partial charge in [0, 0.05) is 48.2 Å². The van der Waals surface area contributed by atoms with Gasteiger partial charge in [0.1, 0.15) is 5.75 Å². The first-order valence-electron chi connectivity index (χ1n) is 12.3. The molecule has 3 amide bonds. The third-order valence-corrected chi connectivity index (χ3v) is 6.96. The molecule has 3 aromatic rings. The van der Waals surface area contributed by atoms with Crippen LogP contribution in [0.3, 0.4) is 0 Å². The normalized spacial score (nSPS) is 16.7. The molecule has 0 bridgehead atoms. The zero-order valence-corrected chi connectivity index (χ0v) is 21.1. The smallest absolute Gasteiger partial charge is 0.254 e. The first-order chi connectivity index (χ1) is 17.8. The highest BCUT2D eigenvalue weighted by Crippen LogP contribution is 2.51. The lowest BCUT2D eigenvalue weighted by molar-refractivity contribution is -0.135. The number of pyridine rings is 1.